The number of methoxy groups -OCH3 is 1. The molecule has 0 aliphatic heterocycles. The van der Waals surface area contributed by atoms with Crippen molar-refractivity contribution in [1.29, 1.82) is 5.26 Å². The first kappa shape index (κ1) is 12.9. The summed E-state index contributed by atoms with van der Waals surface area (Å²) in [7, 11) is 1.56. The van der Waals surface area contributed by atoms with E-state index in [1.807, 2.05) is 6.07 Å². The normalized spacial score (nSPS) is 10.3. The zero-order chi connectivity index (χ0) is 14.8. The first-order valence-electron chi connectivity index (χ1n) is 6.33. The topological polar surface area (TPSA) is 63.2 Å². The van der Waals surface area contributed by atoms with Crippen LogP contribution in [0.2, 0.25) is 0 Å². The summed E-state index contributed by atoms with van der Waals surface area (Å²) < 4.78 is 10.6. The molecule has 0 amide bonds. The third kappa shape index (κ3) is 2.26. The van der Waals surface area contributed by atoms with Gasteiger partial charge in [0.05, 0.1) is 29.7 Å². The Bertz CT molecular complexity index is 902. The van der Waals surface area contributed by atoms with E-state index in [1.165, 1.54) is 6.26 Å². The molecule has 3 aromatic rings. The predicted molar refractivity (Wildman–Crippen MR) is 79.2 cm³/mol. The maximum atomic E-state index is 12.5. The van der Waals surface area contributed by atoms with Gasteiger partial charge in [0.2, 0.25) is 0 Å². The van der Waals surface area contributed by atoms with Crippen LogP contribution in [0.1, 0.15) is 5.56 Å². The van der Waals surface area contributed by atoms with Gasteiger partial charge in [0.15, 0.2) is 5.43 Å². The Morgan fingerprint density at radius 1 is 1.14 bits per heavy atom. The molecule has 0 radical (unpaired) electrons. The average Bonchev–Trinajstić information content (AvgIpc) is 2.55. The summed E-state index contributed by atoms with van der Waals surface area (Å²) in [4.78, 5) is 12.5. The second-order valence-corrected chi connectivity index (χ2v) is 4.53. The van der Waals surface area contributed by atoms with Crippen molar-refractivity contribution < 1.29 is 9.15 Å². The van der Waals surface area contributed by atoms with Crippen LogP contribution in [0.3, 0.4) is 0 Å². The number of hydrogen-bond acceptors (Lipinski definition) is 4. The molecule has 0 unspecified atom stereocenters. The Labute approximate surface area is 120 Å². The lowest BCUT2D eigenvalue weighted by Gasteiger charge is -2.04. The molecule has 0 bridgehead atoms. The van der Waals surface area contributed by atoms with Gasteiger partial charge in [-0.15, -0.1) is 0 Å². The third-order valence-corrected chi connectivity index (χ3v) is 3.31. The van der Waals surface area contributed by atoms with Gasteiger partial charge in [-0.25, -0.2) is 0 Å². The van der Waals surface area contributed by atoms with Gasteiger partial charge in [0, 0.05) is 6.07 Å². The SMILES string of the molecule is COc1ccc2c(=O)c(-c3ccc(C#N)cc3)coc2c1. The van der Waals surface area contributed by atoms with Gasteiger partial charge in [-0.1, -0.05) is 12.1 Å². The van der Waals surface area contributed by atoms with Crippen LogP contribution in [0.5, 0.6) is 5.75 Å². The average molecular weight is 277 g/mol. The second-order valence-electron chi connectivity index (χ2n) is 4.53. The van der Waals surface area contributed by atoms with Crippen molar-refractivity contribution in [2.45, 2.75) is 0 Å². The number of ether oxygens (including phenoxy) is 1. The van der Waals surface area contributed by atoms with E-state index >= 15 is 0 Å². The van der Waals surface area contributed by atoms with Gasteiger partial charge in [0.25, 0.3) is 0 Å². The summed E-state index contributed by atoms with van der Waals surface area (Å²) >= 11 is 0. The van der Waals surface area contributed by atoms with Crippen LogP contribution in [-0.2, 0) is 0 Å². The van der Waals surface area contributed by atoms with Gasteiger partial charge in [-0.3, -0.25) is 4.79 Å². The number of hydrogen-bond donors (Lipinski definition) is 0. The molecule has 0 aliphatic rings. The molecule has 0 spiro atoms. The van der Waals surface area contributed by atoms with Crippen molar-refractivity contribution in [2.24, 2.45) is 0 Å². The van der Waals surface area contributed by atoms with E-state index < -0.39 is 0 Å². The zero-order valence-corrected chi connectivity index (χ0v) is 11.3. The first-order chi connectivity index (χ1) is 10.2. The summed E-state index contributed by atoms with van der Waals surface area (Å²) in [5.41, 5.74) is 2.12. The fourth-order valence-electron chi connectivity index (χ4n) is 2.16. The Hall–Kier alpha value is -3.06. The second kappa shape index (κ2) is 5.14. The minimum Gasteiger partial charge on any atom is -0.497 e. The van der Waals surface area contributed by atoms with Crippen molar-refractivity contribution in [1.82, 2.24) is 0 Å². The van der Waals surface area contributed by atoms with Crippen molar-refractivity contribution in [2.75, 3.05) is 7.11 Å². The summed E-state index contributed by atoms with van der Waals surface area (Å²) in [6.45, 7) is 0. The molecular formula is C17H11NO3. The van der Waals surface area contributed by atoms with Gasteiger partial charge in [0.1, 0.15) is 17.6 Å². The Morgan fingerprint density at radius 3 is 2.57 bits per heavy atom. The molecule has 102 valence electrons. The minimum atomic E-state index is -0.108. The van der Waals surface area contributed by atoms with E-state index in [-0.39, 0.29) is 5.43 Å². The highest BCUT2D eigenvalue weighted by molar-refractivity contribution is 5.82. The molecular weight excluding hydrogens is 266 g/mol. The van der Waals surface area contributed by atoms with E-state index in [2.05, 4.69) is 0 Å². The maximum Gasteiger partial charge on any atom is 0.200 e. The molecule has 0 atom stereocenters. The third-order valence-electron chi connectivity index (χ3n) is 3.31. The Kier molecular flexibility index (Phi) is 3.17. The Morgan fingerprint density at radius 2 is 1.90 bits per heavy atom. The van der Waals surface area contributed by atoms with Gasteiger partial charge < -0.3 is 9.15 Å². The molecule has 0 fully saturated rings. The van der Waals surface area contributed by atoms with E-state index in [0.717, 1.165) is 5.56 Å². The van der Waals surface area contributed by atoms with Crippen LogP contribution < -0.4 is 10.2 Å². The van der Waals surface area contributed by atoms with E-state index in [1.54, 1.807) is 49.6 Å². The first-order valence-corrected chi connectivity index (χ1v) is 6.33. The van der Waals surface area contributed by atoms with Crippen LogP contribution in [0.25, 0.3) is 22.1 Å². The monoisotopic (exact) mass is 277 g/mol. The number of benzene rings is 2. The molecule has 0 N–H and O–H groups in total. The quantitative estimate of drug-likeness (QED) is 0.720. The molecule has 1 heterocycles. The van der Waals surface area contributed by atoms with Crippen molar-refractivity contribution in [3.63, 3.8) is 0 Å². The number of rotatable bonds is 2. The summed E-state index contributed by atoms with van der Waals surface area (Å²) in [5, 5.41) is 9.30. The smallest absolute Gasteiger partial charge is 0.200 e. The largest absolute Gasteiger partial charge is 0.497 e. The van der Waals surface area contributed by atoms with Crippen LogP contribution in [0.4, 0.5) is 0 Å². The molecule has 4 heteroatoms. The molecule has 0 saturated heterocycles. The van der Waals surface area contributed by atoms with Crippen LogP contribution in [0.15, 0.2) is 57.9 Å². The fraction of sp³-hybridized carbons (Fsp3) is 0.0588. The van der Waals surface area contributed by atoms with E-state index in [9.17, 15) is 4.79 Å². The highest BCUT2D eigenvalue weighted by Gasteiger charge is 2.09. The number of nitriles is 1. The lowest BCUT2D eigenvalue weighted by molar-refractivity contribution is 0.414. The highest BCUT2D eigenvalue weighted by Crippen LogP contribution is 2.23. The molecule has 3 rings (SSSR count). The summed E-state index contributed by atoms with van der Waals surface area (Å²) in [6.07, 6.45) is 1.44. The summed E-state index contributed by atoms with van der Waals surface area (Å²) in [5.74, 6) is 0.636. The summed E-state index contributed by atoms with van der Waals surface area (Å²) in [6, 6.07) is 14.0. The van der Waals surface area contributed by atoms with Gasteiger partial charge in [-0.05, 0) is 29.8 Å². The van der Waals surface area contributed by atoms with Crippen molar-refractivity contribution >= 4 is 11.0 Å². The zero-order valence-electron chi connectivity index (χ0n) is 11.3. The van der Waals surface area contributed by atoms with E-state index in [0.29, 0.717) is 27.8 Å². The minimum absolute atomic E-state index is 0.108. The maximum absolute atomic E-state index is 12.5. The van der Waals surface area contributed by atoms with Crippen LogP contribution in [0, 0.1) is 11.3 Å². The molecule has 1 aromatic heterocycles. The highest BCUT2D eigenvalue weighted by atomic mass is 16.5. The molecule has 2 aromatic carbocycles. The van der Waals surface area contributed by atoms with Gasteiger partial charge in [-0.2, -0.15) is 5.26 Å². The lowest BCUT2D eigenvalue weighted by atomic mass is 10.0. The van der Waals surface area contributed by atoms with Crippen LogP contribution >= 0.6 is 0 Å². The number of fused-ring (bicyclic) bond motifs is 1. The molecule has 0 saturated carbocycles. The predicted octanol–water partition coefficient (Wildman–Crippen LogP) is 3.34. The molecule has 4 nitrogen and oxygen atoms in total. The fourth-order valence-corrected chi connectivity index (χ4v) is 2.16. The van der Waals surface area contributed by atoms with Crippen molar-refractivity contribution in [3.05, 3.63) is 64.5 Å². The van der Waals surface area contributed by atoms with E-state index in [4.69, 9.17) is 14.4 Å². The molecule has 0 aliphatic carbocycles. The Balaban J connectivity index is 2.17. The standard InChI is InChI=1S/C17H11NO3/c1-20-13-6-7-14-16(8-13)21-10-15(17(14)19)12-4-2-11(9-18)3-5-12/h2-8,10H,1H3. The molecule has 21 heavy (non-hydrogen) atoms. The number of nitrogens with zero attached hydrogens (tertiary/aromatic N) is 1. The van der Waals surface area contributed by atoms with Gasteiger partial charge >= 0.3 is 0 Å². The van der Waals surface area contributed by atoms with Crippen molar-refractivity contribution in [3.8, 4) is 22.9 Å². The van der Waals surface area contributed by atoms with Crippen LogP contribution in [-0.4, -0.2) is 7.11 Å². The lowest BCUT2D eigenvalue weighted by Crippen LogP contribution is -2.04.